The van der Waals surface area contributed by atoms with Crippen LogP contribution in [0.15, 0.2) is 55.0 Å². The largest absolute Gasteiger partial charge is 0.487 e. The first-order valence-electron chi connectivity index (χ1n) is 10.2. The van der Waals surface area contributed by atoms with Crippen molar-refractivity contribution in [3.8, 4) is 29.2 Å². The lowest BCUT2D eigenvalue weighted by Crippen LogP contribution is -2.23. The first-order chi connectivity index (χ1) is 16.2. The summed E-state index contributed by atoms with van der Waals surface area (Å²) in [4.78, 5) is 23.5. The number of anilines is 2. The van der Waals surface area contributed by atoms with E-state index in [4.69, 9.17) is 18.0 Å². The Morgan fingerprint density at radius 1 is 1.26 bits per heavy atom. The van der Waals surface area contributed by atoms with Crippen LogP contribution >= 0.6 is 11.6 Å². The molecule has 1 saturated heterocycles. The number of aliphatic hydroxyl groups excluding tert-OH is 1. The third-order valence-corrected chi connectivity index (χ3v) is 5.23. The van der Waals surface area contributed by atoms with Crippen LogP contribution in [0, 0.1) is 12.3 Å². The molecule has 1 aliphatic heterocycles. The predicted molar refractivity (Wildman–Crippen MR) is 124 cm³/mol. The molecular weight excluding hydrogens is 466 g/mol. The van der Waals surface area contributed by atoms with Crippen molar-refractivity contribution in [1.29, 1.82) is 0 Å². The van der Waals surface area contributed by atoms with E-state index in [9.17, 15) is 18.7 Å². The summed E-state index contributed by atoms with van der Waals surface area (Å²) in [6.45, 7) is 1.04. The van der Waals surface area contributed by atoms with E-state index >= 15 is 0 Å². The van der Waals surface area contributed by atoms with Gasteiger partial charge >= 0.3 is 5.57 Å². The fourth-order valence-corrected chi connectivity index (χ4v) is 3.68. The average Bonchev–Trinajstić information content (AvgIpc) is 3.25. The minimum Gasteiger partial charge on any atom is -0.420 e. The number of rotatable bonds is 6. The zero-order valence-electron chi connectivity index (χ0n) is 17.7. The zero-order valence-corrected chi connectivity index (χ0v) is 18.5. The van der Waals surface area contributed by atoms with Gasteiger partial charge in [0.25, 0.3) is 5.91 Å². The van der Waals surface area contributed by atoms with E-state index in [-0.39, 0.29) is 11.3 Å². The predicted octanol–water partition coefficient (Wildman–Crippen LogP) is 4.12. The lowest BCUT2D eigenvalue weighted by molar-refractivity contribution is -0.0964. The van der Waals surface area contributed by atoms with Crippen LogP contribution in [0.5, 0.6) is 5.75 Å². The molecule has 0 aliphatic carbocycles. The number of nitrogens with one attached hydrogen (secondary N) is 1. The van der Waals surface area contributed by atoms with Gasteiger partial charge in [0, 0.05) is 65.7 Å². The monoisotopic (exact) mass is 484 g/mol. The summed E-state index contributed by atoms with van der Waals surface area (Å²) in [6.07, 6.45) is 10.3. The van der Waals surface area contributed by atoms with Gasteiger partial charge in [-0.15, -0.1) is 15.2 Å². The molecule has 0 saturated carbocycles. The molecule has 1 aliphatic rings. The number of hydrogen-bond donors (Lipinski definition) is 2. The summed E-state index contributed by atoms with van der Waals surface area (Å²) in [5, 5.41) is 12.7. The molecule has 1 fully saturated rings. The Morgan fingerprint density at radius 3 is 2.68 bits per heavy atom. The molecule has 1 atom stereocenters. The number of terminal acetylenes is 1. The Morgan fingerprint density at radius 2 is 2.03 bits per heavy atom. The van der Waals surface area contributed by atoms with Crippen molar-refractivity contribution >= 4 is 29.0 Å². The van der Waals surface area contributed by atoms with Gasteiger partial charge in [-0.1, -0.05) is 5.92 Å². The topological polar surface area (TPSA) is 87.6 Å². The van der Waals surface area contributed by atoms with Gasteiger partial charge in [-0.05, 0) is 42.8 Å². The highest BCUT2D eigenvalue weighted by Gasteiger charge is 2.27. The van der Waals surface area contributed by atoms with Crippen molar-refractivity contribution in [2.75, 3.05) is 23.3 Å². The molecule has 34 heavy (non-hydrogen) atoms. The van der Waals surface area contributed by atoms with Crippen LogP contribution in [-0.4, -0.2) is 45.7 Å². The maximum absolute atomic E-state index is 12.9. The highest BCUT2D eigenvalue weighted by atomic mass is 35.5. The van der Waals surface area contributed by atoms with Crippen LogP contribution in [0.3, 0.4) is 0 Å². The van der Waals surface area contributed by atoms with E-state index in [1.165, 1.54) is 30.5 Å². The minimum absolute atomic E-state index is 0.153. The minimum atomic E-state index is -3.83. The molecule has 174 valence electrons. The van der Waals surface area contributed by atoms with Gasteiger partial charge in [0.05, 0.1) is 11.7 Å². The van der Waals surface area contributed by atoms with Crippen molar-refractivity contribution in [1.82, 2.24) is 9.97 Å². The van der Waals surface area contributed by atoms with E-state index in [1.807, 2.05) is 4.90 Å². The first-order valence-corrected chi connectivity index (χ1v) is 10.6. The lowest BCUT2D eigenvalue weighted by atomic mass is 10.0. The standard InChI is InChI=1S/C24H19ClF2N4O3/c1-2-15-9-16(12-28-11-15)21-10-17(13-29-22(21)31-8-7-19(32)14-31)23(33)30-18-3-5-20(6-4-18)34-24(25,26)27/h1,3-6,9-13,19,32H,7-8,14H2,(H,30,33)/t19-/m1/s1. The summed E-state index contributed by atoms with van der Waals surface area (Å²) >= 11 is 4.76. The van der Waals surface area contributed by atoms with Crippen molar-refractivity contribution in [3.05, 3.63) is 66.1 Å². The van der Waals surface area contributed by atoms with Crippen molar-refractivity contribution in [2.24, 2.45) is 0 Å². The highest BCUT2D eigenvalue weighted by Crippen LogP contribution is 2.32. The molecule has 10 heteroatoms. The number of aromatic nitrogens is 2. The summed E-state index contributed by atoms with van der Waals surface area (Å²) in [5.74, 6) is 2.53. The normalized spacial score (nSPS) is 15.6. The number of hydrogen-bond acceptors (Lipinski definition) is 6. The second-order valence-electron chi connectivity index (χ2n) is 7.62. The second kappa shape index (κ2) is 9.63. The summed E-state index contributed by atoms with van der Waals surface area (Å²) in [5.41, 5.74) is -1.32. The van der Waals surface area contributed by atoms with Crippen LogP contribution < -0.4 is 15.0 Å². The molecule has 3 heterocycles. The highest BCUT2D eigenvalue weighted by molar-refractivity contribution is 6.20. The van der Waals surface area contributed by atoms with E-state index < -0.39 is 17.6 Å². The van der Waals surface area contributed by atoms with Crippen LogP contribution in [0.25, 0.3) is 11.1 Å². The smallest absolute Gasteiger partial charge is 0.420 e. The third kappa shape index (κ3) is 5.60. The number of pyridine rings is 2. The van der Waals surface area contributed by atoms with Gasteiger partial charge in [0.1, 0.15) is 11.6 Å². The number of carbonyl (C=O) groups excluding carboxylic acids is 1. The van der Waals surface area contributed by atoms with Gasteiger partial charge in [0.15, 0.2) is 0 Å². The Bertz CT molecular complexity index is 1240. The van der Waals surface area contributed by atoms with Crippen molar-refractivity contribution in [2.45, 2.75) is 18.1 Å². The molecule has 1 aromatic carbocycles. The lowest BCUT2D eigenvalue weighted by Gasteiger charge is -2.21. The fraction of sp³-hybridized carbons (Fsp3) is 0.208. The van der Waals surface area contributed by atoms with Crippen molar-refractivity contribution in [3.63, 3.8) is 0 Å². The molecule has 7 nitrogen and oxygen atoms in total. The number of halogens is 3. The van der Waals surface area contributed by atoms with Gasteiger partial charge in [-0.3, -0.25) is 9.78 Å². The number of aliphatic hydroxyl groups is 1. The Kier molecular flexibility index (Phi) is 6.63. The molecule has 2 N–H and O–H groups in total. The molecule has 2 aromatic heterocycles. The Hall–Kier alpha value is -3.74. The zero-order chi connectivity index (χ0) is 24.3. The van der Waals surface area contributed by atoms with Gasteiger partial charge < -0.3 is 20.1 Å². The van der Waals surface area contributed by atoms with Crippen LogP contribution in [-0.2, 0) is 0 Å². The summed E-state index contributed by atoms with van der Waals surface area (Å²) in [7, 11) is 0. The van der Waals surface area contributed by atoms with Crippen LogP contribution in [0.1, 0.15) is 22.3 Å². The number of carbonyl (C=O) groups is 1. The number of nitrogens with zero attached hydrogens (tertiary/aromatic N) is 3. The second-order valence-corrected chi connectivity index (χ2v) is 8.06. The van der Waals surface area contributed by atoms with Crippen molar-refractivity contribution < 1.29 is 23.4 Å². The fourth-order valence-electron chi connectivity index (χ4n) is 3.59. The number of amides is 1. The molecule has 0 bridgehead atoms. The number of alkyl halides is 3. The van der Waals surface area contributed by atoms with E-state index in [2.05, 4.69) is 25.9 Å². The maximum Gasteiger partial charge on any atom is 0.487 e. The van der Waals surface area contributed by atoms with E-state index in [1.54, 1.807) is 24.5 Å². The molecule has 1 amide bonds. The van der Waals surface area contributed by atoms with Crippen LogP contribution in [0.4, 0.5) is 20.3 Å². The maximum atomic E-state index is 12.9. The average molecular weight is 485 g/mol. The van der Waals surface area contributed by atoms with Crippen LogP contribution in [0.2, 0.25) is 0 Å². The number of ether oxygens (including phenoxy) is 1. The van der Waals surface area contributed by atoms with Gasteiger partial charge in [-0.25, -0.2) is 4.98 Å². The number of benzene rings is 1. The van der Waals surface area contributed by atoms with Gasteiger partial charge in [0.2, 0.25) is 0 Å². The third-order valence-electron chi connectivity index (χ3n) is 5.15. The molecule has 0 spiro atoms. The quantitative estimate of drug-likeness (QED) is 0.404. The molecular formula is C24H19ClF2N4O3. The molecule has 4 rings (SSSR count). The molecule has 3 aromatic rings. The number of β-amino-alcohol motifs (C(OH)–C–C–N with tert-alkyl or cyclic N) is 1. The van der Waals surface area contributed by atoms with E-state index in [0.717, 1.165) is 0 Å². The Balaban J connectivity index is 1.62. The first kappa shape index (κ1) is 23.4. The SMILES string of the molecule is C#Cc1cncc(-c2cc(C(=O)Nc3ccc(OC(F)(F)Cl)cc3)cnc2N2CC[C@@H](O)C2)c1. The molecule has 0 radical (unpaired) electrons. The summed E-state index contributed by atoms with van der Waals surface area (Å²) < 4.78 is 29.8. The summed E-state index contributed by atoms with van der Waals surface area (Å²) in [6, 6.07) is 8.77. The van der Waals surface area contributed by atoms with E-state index in [0.29, 0.717) is 47.7 Å². The molecule has 0 unspecified atom stereocenters. The van der Waals surface area contributed by atoms with Gasteiger partial charge in [-0.2, -0.15) is 0 Å². The Labute approximate surface area is 199 Å².